The normalized spacial score (nSPS) is 13.9. The van der Waals surface area contributed by atoms with Crippen molar-refractivity contribution in [3.05, 3.63) is 0 Å². The van der Waals surface area contributed by atoms with Crippen molar-refractivity contribution in [3.8, 4) is 0 Å². The van der Waals surface area contributed by atoms with Gasteiger partial charge in [0.05, 0.1) is 0 Å². The first-order valence-corrected chi connectivity index (χ1v) is 15.6. The monoisotopic (exact) mass is 388 g/mol. The molecule has 0 spiro atoms. The minimum absolute atomic E-state index is 0.661. The summed E-state index contributed by atoms with van der Waals surface area (Å²) in [6, 6.07) is 0. The Balaban J connectivity index is 4.89. The van der Waals surface area contributed by atoms with Gasteiger partial charge in [0.15, 0.2) is 0 Å². The molecule has 0 aromatic carbocycles. The summed E-state index contributed by atoms with van der Waals surface area (Å²) in [5.74, 6) is 0. The molecule has 0 rings (SSSR count). The molecular formula is C16H36O4Ti2. The Kier molecular flexibility index (Phi) is 14.3. The van der Waals surface area contributed by atoms with Crippen molar-refractivity contribution in [1.29, 1.82) is 0 Å². The molecule has 0 fully saturated rings. The van der Waals surface area contributed by atoms with Crippen molar-refractivity contribution >= 4 is 0 Å². The molecule has 0 saturated carbocycles. The van der Waals surface area contributed by atoms with Gasteiger partial charge in [0, 0.05) is 0 Å². The summed E-state index contributed by atoms with van der Waals surface area (Å²) in [6.07, 6.45) is 8.44. The Morgan fingerprint density at radius 1 is 0.545 bits per heavy atom. The Labute approximate surface area is 149 Å². The molecule has 0 unspecified atom stereocenters. The van der Waals surface area contributed by atoms with E-state index in [1.165, 1.54) is 0 Å². The molecule has 0 aliphatic carbocycles. The molecule has 132 valence electrons. The van der Waals surface area contributed by atoms with Gasteiger partial charge in [0.25, 0.3) is 0 Å². The van der Waals surface area contributed by atoms with Gasteiger partial charge in [-0.15, -0.1) is 0 Å². The molecule has 22 heavy (non-hydrogen) atoms. The van der Waals surface area contributed by atoms with Crippen molar-refractivity contribution in [1.82, 2.24) is 0 Å². The van der Waals surface area contributed by atoms with Crippen LogP contribution < -0.4 is 0 Å². The molecule has 6 heteroatoms. The van der Waals surface area contributed by atoms with Crippen molar-refractivity contribution in [2.24, 2.45) is 0 Å². The van der Waals surface area contributed by atoms with Gasteiger partial charge in [-0.2, -0.15) is 0 Å². The van der Waals surface area contributed by atoms with Crippen LogP contribution in [0.5, 0.6) is 0 Å². The SMILES string of the molecule is CCCC[O][Ti]([Ti])([O]CCCC)([O]CCCC)[O]CCCC. The van der Waals surface area contributed by atoms with E-state index in [2.05, 4.69) is 27.7 Å². The van der Waals surface area contributed by atoms with E-state index in [1.54, 1.807) is 0 Å². The van der Waals surface area contributed by atoms with Gasteiger partial charge in [-0.25, -0.2) is 0 Å². The zero-order valence-electron chi connectivity index (χ0n) is 15.1. The predicted octanol–water partition coefficient (Wildman–Crippen LogP) is 5.06. The van der Waals surface area contributed by atoms with Crippen molar-refractivity contribution in [2.75, 3.05) is 26.4 Å². The average molecular weight is 388 g/mol. The predicted molar refractivity (Wildman–Crippen MR) is 83.4 cm³/mol. The minimum atomic E-state index is -4.22. The Morgan fingerprint density at radius 2 is 0.773 bits per heavy atom. The Hall–Kier alpha value is 1.27. The van der Waals surface area contributed by atoms with E-state index in [0.29, 0.717) is 26.4 Å². The second-order valence-corrected chi connectivity index (χ2v) is 15.6. The van der Waals surface area contributed by atoms with Gasteiger partial charge in [0.1, 0.15) is 0 Å². The van der Waals surface area contributed by atoms with E-state index in [1.807, 2.05) is 17.2 Å². The molecule has 0 amide bonds. The molecule has 4 nitrogen and oxygen atoms in total. The molecule has 0 heterocycles. The first kappa shape index (κ1) is 23.3. The average Bonchev–Trinajstić information content (AvgIpc) is 2.49. The van der Waals surface area contributed by atoms with E-state index >= 15 is 0 Å². The van der Waals surface area contributed by atoms with Crippen molar-refractivity contribution < 1.29 is 44.2 Å². The second-order valence-electron chi connectivity index (χ2n) is 5.72. The fraction of sp³-hybridized carbons (Fsp3) is 1.00. The third-order valence-corrected chi connectivity index (χ3v) is 11.5. The van der Waals surface area contributed by atoms with Crippen LogP contribution in [-0.4, -0.2) is 26.4 Å². The van der Waals surface area contributed by atoms with E-state index in [0.717, 1.165) is 51.4 Å². The first-order chi connectivity index (χ1) is 10.5. The van der Waals surface area contributed by atoms with Crippen LogP contribution in [0.25, 0.3) is 0 Å². The first-order valence-electron chi connectivity index (χ1n) is 9.05. The molecule has 0 saturated heterocycles. The number of hydrogen-bond donors (Lipinski definition) is 0. The summed E-state index contributed by atoms with van der Waals surface area (Å²) in [5, 5.41) is 0. The molecule has 0 aliphatic heterocycles. The van der Waals surface area contributed by atoms with Crippen LogP contribution in [0.15, 0.2) is 0 Å². The van der Waals surface area contributed by atoms with Crippen LogP contribution in [-0.2, 0) is 44.2 Å². The van der Waals surface area contributed by atoms with Crippen LogP contribution in [0.1, 0.15) is 79.1 Å². The standard InChI is InChI=1S/4C4H9O.2Ti/c4*1-2-3-4-5;;/h4*2-4H2,1H3;;/q4*-1;;+4. The quantitative estimate of drug-likeness (QED) is 0.274. The van der Waals surface area contributed by atoms with E-state index in [9.17, 15) is 0 Å². The Bertz CT molecular complexity index is 213. The maximum atomic E-state index is 6.22. The number of unbranched alkanes of at least 4 members (excludes halogenated alkanes) is 4. The van der Waals surface area contributed by atoms with E-state index in [4.69, 9.17) is 13.3 Å². The van der Waals surface area contributed by atoms with E-state index < -0.39 is 13.7 Å². The van der Waals surface area contributed by atoms with Crippen LogP contribution in [0.3, 0.4) is 0 Å². The fourth-order valence-corrected chi connectivity index (χ4v) is 8.33. The number of hydrogen-bond acceptors (Lipinski definition) is 4. The summed E-state index contributed by atoms with van der Waals surface area (Å²) < 4.78 is 24.9. The van der Waals surface area contributed by atoms with Gasteiger partial charge in [-0.3, -0.25) is 0 Å². The topological polar surface area (TPSA) is 36.9 Å². The second kappa shape index (κ2) is 13.5. The van der Waals surface area contributed by atoms with Gasteiger partial charge in [-0.1, -0.05) is 0 Å². The molecule has 0 N–H and O–H groups in total. The zero-order valence-corrected chi connectivity index (χ0v) is 18.2. The summed E-state index contributed by atoms with van der Waals surface area (Å²) in [7, 11) is 0. The van der Waals surface area contributed by atoms with Gasteiger partial charge in [-0.05, 0) is 0 Å². The van der Waals surface area contributed by atoms with E-state index in [-0.39, 0.29) is 0 Å². The Morgan fingerprint density at radius 3 is 0.955 bits per heavy atom. The summed E-state index contributed by atoms with van der Waals surface area (Å²) in [6.45, 7) is 11.3. The van der Waals surface area contributed by atoms with Crippen LogP contribution in [0, 0.1) is 0 Å². The molecule has 0 bridgehead atoms. The van der Waals surface area contributed by atoms with Gasteiger partial charge >= 0.3 is 150 Å². The molecule has 0 radical (unpaired) electrons. The fourth-order valence-electron chi connectivity index (χ4n) is 1.82. The molecule has 0 aliphatic rings. The van der Waals surface area contributed by atoms with Gasteiger partial charge in [0.2, 0.25) is 0 Å². The summed E-state index contributed by atoms with van der Waals surface area (Å²) in [4.78, 5) is 0. The third kappa shape index (κ3) is 10.2. The number of rotatable bonds is 16. The maximum absolute atomic E-state index is 6.22. The summed E-state index contributed by atoms with van der Waals surface area (Å²) in [5.41, 5.74) is 0. The van der Waals surface area contributed by atoms with Gasteiger partial charge < -0.3 is 0 Å². The third-order valence-electron chi connectivity index (χ3n) is 3.40. The van der Waals surface area contributed by atoms with Crippen LogP contribution in [0.2, 0.25) is 0 Å². The molecular weight excluding hydrogens is 352 g/mol. The molecule has 0 atom stereocenters. The van der Waals surface area contributed by atoms with Crippen molar-refractivity contribution in [3.63, 3.8) is 0 Å². The zero-order chi connectivity index (χ0) is 16.8. The van der Waals surface area contributed by atoms with Crippen LogP contribution >= 0.6 is 0 Å². The summed E-state index contributed by atoms with van der Waals surface area (Å²) >= 11 is -2.22. The van der Waals surface area contributed by atoms with Crippen LogP contribution in [0.4, 0.5) is 0 Å². The van der Waals surface area contributed by atoms with Crippen molar-refractivity contribution in [2.45, 2.75) is 79.1 Å². The molecule has 0 aromatic heterocycles. The molecule has 0 aromatic rings.